The van der Waals surface area contributed by atoms with Gasteiger partial charge in [-0.15, -0.1) is 0 Å². The summed E-state index contributed by atoms with van der Waals surface area (Å²) in [7, 11) is 0. The van der Waals surface area contributed by atoms with E-state index in [0.29, 0.717) is 0 Å². The van der Waals surface area contributed by atoms with Crippen LogP contribution in [0.4, 0.5) is 0 Å². The molecule has 11 heavy (non-hydrogen) atoms. The van der Waals surface area contributed by atoms with Gasteiger partial charge < -0.3 is 10.2 Å². The number of aliphatic hydroxyl groups is 1. The summed E-state index contributed by atoms with van der Waals surface area (Å²) >= 11 is 0. The van der Waals surface area contributed by atoms with Crippen LogP contribution in [0.15, 0.2) is 18.3 Å². The zero-order valence-electron chi connectivity index (χ0n) is 5.51. The number of hydrogen-bond acceptors (Lipinski definition) is 4. The minimum absolute atomic E-state index is 0.0417. The molecule has 0 amide bonds. The molecule has 2 N–H and O–H groups in total. The summed E-state index contributed by atoms with van der Waals surface area (Å²) in [5.74, 6) is -1.33. The lowest BCUT2D eigenvalue weighted by molar-refractivity contribution is -0.147. The second-order valence-corrected chi connectivity index (χ2v) is 1.89. The molecule has 0 saturated heterocycles. The van der Waals surface area contributed by atoms with E-state index in [0.717, 1.165) is 0 Å². The van der Waals surface area contributed by atoms with Gasteiger partial charge in [0.2, 0.25) is 0 Å². The van der Waals surface area contributed by atoms with Crippen LogP contribution in [0.25, 0.3) is 0 Å². The van der Waals surface area contributed by atoms with Gasteiger partial charge in [0, 0.05) is 6.20 Å². The Balaban J connectivity index is 2.85. The third-order valence-corrected chi connectivity index (χ3v) is 1.11. The molecular formula is C6H6N2O3. The van der Waals surface area contributed by atoms with Crippen molar-refractivity contribution in [3.63, 3.8) is 0 Å². The van der Waals surface area contributed by atoms with E-state index in [1.54, 1.807) is 0 Å². The highest BCUT2D eigenvalue weighted by Gasteiger charge is 2.16. The molecule has 0 aliphatic heterocycles. The third kappa shape index (κ3) is 1.71. The summed E-state index contributed by atoms with van der Waals surface area (Å²) in [5.41, 5.74) is 0.0417. The Kier molecular flexibility index (Phi) is 2.12. The Morgan fingerprint density at radius 1 is 1.64 bits per heavy atom. The number of hydrogen-bond donors (Lipinski definition) is 2. The first-order chi connectivity index (χ1) is 5.22. The fourth-order valence-corrected chi connectivity index (χ4v) is 0.586. The van der Waals surface area contributed by atoms with Crippen molar-refractivity contribution in [1.82, 2.24) is 10.2 Å². The summed E-state index contributed by atoms with van der Waals surface area (Å²) in [6, 6.07) is 2.90. The Morgan fingerprint density at radius 3 is 2.82 bits per heavy atom. The quantitative estimate of drug-likeness (QED) is 0.605. The van der Waals surface area contributed by atoms with Crippen molar-refractivity contribution >= 4 is 5.97 Å². The lowest BCUT2D eigenvalue weighted by atomic mass is 10.2. The third-order valence-electron chi connectivity index (χ3n) is 1.11. The zero-order chi connectivity index (χ0) is 8.27. The predicted octanol–water partition coefficient (Wildman–Crippen LogP) is -0.405. The Hall–Kier alpha value is -1.49. The maximum absolute atomic E-state index is 10.2. The second kappa shape index (κ2) is 3.07. The van der Waals surface area contributed by atoms with Gasteiger partial charge in [-0.2, -0.15) is 10.2 Å². The van der Waals surface area contributed by atoms with Crippen LogP contribution in [-0.4, -0.2) is 26.4 Å². The first-order valence-corrected chi connectivity index (χ1v) is 2.90. The molecule has 1 aromatic rings. The van der Waals surface area contributed by atoms with Crippen LogP contribution >= 0.6 is 0 Å². The Labute approximate surface area is 62.3 Å². The molecule has 0 radical (unpaired) electrons. The van der Waals surface area contributed by atoms with Gasteiger partial charge in [0.1, 0.15) is 5.69 Å². The van der Waals surface area contributed by atoms with Crippen LogP contribution in [0.1, 0.15) is 11.8 Å². The lowest BCUT2D eigenvalue weighted by Crippen LogP contribution is -2.12. The van der Waals surface area contributed by atoms with Crippen molar-refractivity contribution in [3.8, 4) is 0 Å². The van der Waals surface area contributed by atoms with E-state index in [4.69, 9.17) is 10.2 Å². The molecule has 0 saturated carbocycles. The van der Waals surface area contributed by atoms with Crippen molar-refractivity contribution in [2.75, 3.05) is 0 Å². The smallest absolute Gasteiger partial charge is 0.338 e. The SMILES string of the molecule is O=C(O)C(O)c1cccnn1. The minimum Gasteiger partial charge on any atom is -0.479 e. The highest BCUT2D eigenvalue weighted by Crippen LogP contribution is 2.06. The van der Waals surface area contributed by atoms with Crippen molar-refractivity contribution in [2.24, 2.45) is 0 Å². The van der Waals surface area contributed by atoms with Gasteiger partial charge in [0.05, 0.1) is 0 Å². The topological polar surface area (TPSA) is 83.3 Å². The molecule has 1 aromatic heterocycles. The van der Waals surface area contributed by atoms with E-state index in [1.807, 2.05) is 0 Å². The van der Waals surface area contributed by atoms with E-state index >= 15 is 0 Å². The molecule has 1 heterocycles. The number of nitrogens with zero attached hydrogens (tertiary/aromatic N) is 2. The van der Waals surface area contributed by atoms with E-state index in [9.17, 15) is 4.79 Å². The first-order valence-electron chi connectivity index (χ1n) is 2.90. The number of aromatic nitrogens is 2. The van der Waals surface area contributed by atoms with E-state index in [2.05, 4.69) is 10.2 Å². The molecule has 5 heteroatoms. The standard InChI is InChI=1S/C6H6N2O3/c9-5(6(10)11)4-2-1-3-7-8-4/h1-3,5,9H,(H,10,11). The monoisotopic (exact) mass is 154 g/mol. The molecule has 0 fully saturated rings. The summed E-state index contributed by atoms with van der Waals surface area (Å²) in [4.78, 5) is 10.2. The Bertz CT molecular complexity index is 249. The summed E-state index contributed by atoms with van der Waals surface area (Å²) in [6.07, 6.45) is -0.179. The molecule has 1 rings (SSSR count). The van der Waals surface area contributed by atoms with Crippen LogP contribution < -0.4 is 0 Å². The minimum atomic E-state index is -1.58. The molecular weight excluding hydrogens is 148 g/mol. The largest absolute Gasteiger partial charge is 0.479 e. The highest BCUT2D eigenvalue weighted by molar-refractivity contribution is 5.73. The molecule has 0 spiro atoms. The maximum atomic E-state index is 10.2. The average molecular weight is 154 g/mol. The fourth-order valence-electron chi connectivity index (χ4n) is 0.586. The van der Waals surface area contributed by atoms with Crippen LogP contribution in [0.2, 0.25) is 0 Å². The maximum Gasteiger partial charge on any atom is 0.338 e. The molecule has 5 nitrogen and oxygen atoms in total. The number of carboxylic acids is 1. The normalized spacial score (nSPS) is 12.5. The van der Waals surface area contributed by atoms with Crippen LogP contribution in [0.5, 0.6) is 0 Å². The van der Waals surface area contributed by atoms with Gasteiger partial charge in [-0.25, -0.2) is 4.79 Å². The molecule has 0 aromatic carbocycles. The van der Waals surface area contributed by atoms with Crippen LogP contribution in [-0.2, 0) is 4.79 Å². The van der Waals surface area contributed by atoms with Gasteiger partial charge in [-0.05, 0) is 12.1 Å². The Morgan fingerprint density at radius 2 is 2.36 bits per heavy atom. The molecule has 58 valence electrons. The summed E-state index contributed by atoms with van der Waals surface area (Å²) in [6.45, 7) is 0. The van der Waals surface area contributed by atoms with E-state index in [-0.39, 0.29) is 5.69 Å². The number of carbonyl (C=O) groups is 1. The fraction of sp³-hybridized carbons (Fsp3) is 0.167. The van der Waals surface area contributed by atoms with E-state index in [1.165, 1.54) is 18.3 Å². The van der Waals surface area contributed by atoms with Crippen molar-refractivity contribution < 1.29 is 15.0 Å². The van der Waals surface area contributed by atoms with Crippen molar-refractivity contribution in [2.45, 2.75) is 6.10 Å². The lowest BCUT2D eigenvalue weighted by Gasteiger charge is -2.00. The highest BCUT2D eigenvalue weighted by atomic mass is 16.4. The average Bonchev–Trinajstić information content (AvgIpc) is 2.05. The van der Waals surface area contributed by atoms with Gasteiger partial charge in [-0.1, -0.05) is 0 Å². The summed E-state index contributed by atoms with van der Waals surface area (Å²) in [5, 5.41) is 24.0. The van der Waals surface area contributed by atoms with Crippen molar-refractivity contribution in [1.29, 1.82) is 0 Å². The van der Waals surface area contributed by atoms with Crippen LogP contribution in [0, 0.1) is 0 Å². The number of rotatable bonds is 2. The van der Waals surface area contributed by atoms with Gasteiger partial charge in [0.15, 0.2) is 6.10 Å². The predicted molar refractivity (Wildman–Crippen MR) is 34.6 cm³/mol. The zero-order valence-corrected chi connectivity index (χ0v) is 5.51. The molecule has 1 atom stereocenters. The van der Waals surface area contributed by atoms with Crippen LogP contribution in [0.3, 0.4) is 0 Å². The molecule has 1 unspecified atom stereocenters. The van der Waals surface area contributed by atoms with Crippen molar-refractivity contribution in [3.05, 3.63) is 24.0 Å². The van der Waals surface area contributed by atoms with Gasteiger partial charge >= 0.3 is 5.97 Å². The molecule has 0 aliphatic rings. The first kappa shape index (κ1) is 7.62. The number of aliphatic carboxylic acids is 1. The molecule has 0 aliphatic carbocycles. The number of aliphatic hydroxyl groups excluding tert-OH is 1. The van der Waals surface area contributed by atoms with Gasteiger partial charge in [0.25, 0.3) is 0 Å². The summed E-state index contributed by atoms with van der Waals surface area (Å²) < 4.78 is 0. The van der Waals surface area contributed by atoms with Gasteiger partial charge in [-0.3, -0.25) is 0 Å². The second-order valence-electron chi connectivity index (χ2n) is 1.89. The molecule has 0 bridgehead atoms. The van der Waals surface area contributed by atoms with E-state index < -0.39 is 12.1 Å². The number of carboxylic acid groups (broad SMARTS) is 1.